The maximum absolute atomic E-state index is 11.5. The Balaban J connectivity index is 1.98. The summed E-state index contributed by atoms with van der Waals surface area (Å²) in [5, 5.41) is 3.16. The van der Waals surface area contributed by atoms with Crippen LogP contribution in [0.4, 0.5) is 11.5 Å². The van der Waals surface area contributed by atoms with E-state index in [1.54, 1.807) is 19.1 Å². The van der Waals surface area contributed by atoms with Gasteiger partial charge in [-0.15, -0.1) is 0 Å². The van der Waals surface area contributed by atoms with Gasteiger partial charge in [-0.05, 0) is 30.7 Å². The molecule has 1 aromatic carbocycles. The largest absolute Gasteiger partial charge is 0.462 e. The summed E-state index contributed by atoms with van der Waals surface area (Å²) in [5.74, 6) is 0.320. The van der Waals surface area contributed by atoms with Crippen molar-refractivity contribution in [1.82, 2.24) is 4.98 Å². The zero-order valence-electron chi connectivity index (χ0n) is 11.3. The first-order valence-corrected chi connectivity index (χ1v) is 6.41. The van der Waals surface area contributed by atoms with Crippen LogP contribution in [0.3, 0.4) is 0 Å². The first-order valence-electron chi connectivity index (χ1n) is 6.41. The third-order valence-electron chi connectivity index (χ3n) is 2.79. The molecule has 0 aliphatic heterocycles. The molecule has 3 N–H and O–H groups in total. The van der Waals surface area contributed by atoms with Crippen LogP contribution in [0.1, 0.15) is 22.8 Å². The molecule has 1 heterocycles. The van der Waals surface area contributed by atoms with Gasteiger partial charge in [-0.2, -0.15) is 0 Å². The van der Waals surface area contributed by atoms with E-state index >= 15 is 0 Å². The van der Waals surface area contributed by atoms with Crippen LogP contribution < -0.4 is 11.1 Å². The predicted octanol–water partition coefficient (Wildman–Crippen LogP) is 2.45. The fourth-order valence-electron chi connectivity index (χ4n) is 1.71. The predicted molar refractivity (Wildman–Crippen MR) is 78.4 cm³/mol. The van der Waals surface area contributed by atoms with E-state index in [1.807, 2.05) is 24.3 Å². The highest BCUT2D eigenvalue weighted by Gasteiger charge is 2.06. The molecular formula is C15H17N3O2. The summed E-state index contributed by atoms with van der Waals surface area (Å²) < 4.78 is 4.90. The van der Waals surface area contributed by atoms with E-state index in [1.165, 1.54) is 6.20 Å². The fraction of sp³-hybridized carbons (Fsp3) is 0.200. The highest BCUT2D eigenvalue weighted by molar-refractivity contribution is 5.89. The van der Waals surface area contributed by atoms with Gasteiger partial charge in [0.1, 0.15) is 5.82 Å². The smallest absolute Gasteiger partial charge is 0.339 e. The highest BCUT2D eigenvalue weighted by atomic mass is 16.5. The highest BCUT2D eigenvalue weighted by Crippen LogP contribution is 2.13. The lowest BCUT2D eigenvalue weighted by molar-refractivity contribution is 0.0526. The number of para-hydroxylation sites is 1. The van der Waals surface area contributed by atoms with Crippen LogP contribution in [0.2, 0.25) is 0 Å². The Labute approximate surface area is 117 Å². The number of nitrogens with zero attached hydrogens (tertiary/aromatic N) is 1. The van der Waals surface area contributed by atoms with Gasteiger partial charge in [0, 0.05) is 18.4 Å². The second-order valence-electron chi connectivity index (χ2n) is 4.20. The second-order valence-corrected chi connectivity index (χ2v) is 4.20. The van der Waals surface area contributed by atoms with Crippen LogP contribution >= 0.6 is 0 Å². The molecule has 0 unspecified atom stereocenters. The van der Waals surface area contributed by atoms with Crippen LogP contribution in [-0.4, -0.2) is 17.6 Å². The van der Waals surface area contributed by atoms with Crippen molar-refractivity contribution in [3.63, 3.8) is 0 Å². The van der Waals surface area contributed by atoms with E-state index in [2.05, 4.69) is 10.3 Å². The number of nitrogens with one attached hydrogen (secondary N) is 1. The molecule has 5 heteroatoms. The lowest BCUT2D eigenvalue weighted by Gasteiger charge is -2.08. The number of anilines is 2. The van der Waals surface area contributed by atoms with Gasteiger partial charge in [-0.1, -0.05) is 18.2 Å². The van der Waals surface area contributed by atoms with Gasteiger partial charge in [0.25, 0.3) is 0 Å². The Hall–Kier alpha value is -2.56. The van der Waals surface area contributed by atoms with E-state index in [4.69, 9.17) is 10.5 Å². The van der Waals surface area contributed by atoms with Crippen LogP contribution in [0, 0.1) is 0 Å². The molecule has 0 spiro atoms. The van der Waals surface area contributed by atoms with Gasteiger partial charge >= 0.3 is 5.97 Å². The lowest BCUT2D eigenvalue weighted by atomic mass is 10.2. The second kappa shape index (κ2) is 6.56. The number of nitrogens with two attached hydrogens (primary N) is 1. The summed E-state index contributed by atoms with van der Waals surface area (Å²) in [6, 6.07) is 11.1. The number of benzene rings is 1. The number of aromatic nitrogens is 1. The third-order valence-corrected chi connectivity index (χ3v) is 2.79. The Bertz CT molecular complexity index is 582. The van der Waals surface area contributed by atoms with Gasteiger partial charge in [0.05, 0.1) is 12.2 Å². The van der Waals surface area contributed by atoms with Gasteiger partial charge in [0.15, 0.2) is 0 Å². The van der Waals surface area contributed by atoms with Crippen molar-refractivity contribution in [3.05, 3.63) is 53.7 Å². The molecule has 0 amide bonds. The minimum atomic E-state index is -0.362. The molecule has 0 fully saturated rings. The standard InChI is InChI=1S/C15H17N3O2/c1-2-20-15(19)12-7-8-14(18-10-12)17-9-11-5-3-4-6-13(11)16/h3-8,10H,2,9,16H2,1H3,(H,17,18). The minimum absolute atomic E-state index is 0.353. The monoisotopic (exact) mass is 271 g/mol. The molecule has 0 saturated carbocycles. The van der Waals surface area contributed by atoms with Gasteiger partial charge in [-0.3, -0.25) is 0 Å². The number of hydrogen-bond donors (Lipinski definition) is 2. The number of nitrogen functional groups attached to an aromatic ring is 1. The molecular weight excluding hydrogens is 254 g/mol. The van der Waals surface area contributed by atoms with E-state index < -0.39 is 0 Å². The Morgan fingerprint density at radius 2 is 2.10 bits per heavy atom. The maximum atomic E-state index is 11.5. The SMILES string of the molecule is CCOC(=O)c1ccc(NCc2ccccc2N)nc1. The molecule has 0 radical (unpaired) electrons. The minimum Gasteiger partial charge on any atom is -0.462 e. The molecule has 0 atom stereocenters. The molecule has 20 heavy (non-hydrogen) atoms. The number of pyridine rings is 1. The van der Waals surface area contributed by atoms with Gasteiger partial charge in [-0.25, -0.2) is 9.78 Å². The van der Waals surface area contributed by atoms with Crippen LogP contribution in [0.25, 0.3) is 0 Å². The number of carbonyl (C=O) groups is 1. The topological polar surface area (TPSA) is 77.2 Å². The summed E-state index contributed by atoms with van der Waals surface area (Å²) in [6.07, 6.45) is 1.49. The Morgan fingerprint density at radius 3 is 2.75 bits per heavy atom. The zero-order chi connectivity index (χ0) is 14.4. The van der Waals surface area contributed by atoms with Crippen LogP contribution in [0.15, 0.2) is 42.6 Å². The summed E-state index contributed by atoms with van der Waals surface area (Å²) in [4.78, 5) is 15.7. The van der Waals surface area contributed by atoms with Crippen molar-refractivity contribution >= 4 is 17.5 Å². The molecule has 0 aliphatic rings. The van der Waals surface area contributed by atoms with Crippen molar-refractivity contribution < 1.29 is 9.53 Å². The molecule has 0 saturated heterocycles. The molecule has 1 aromatic heterocycles. The molecule has 5 nitrogen and oxygen atoms in total. The van der Waals surface area contributed by atoms with Crippen molar-refractivity contribution in [2.75, 3.05) is 17.7 Å². The van der Waals surface area contributed by atoms with E-state index in [9.17, 15) is 4.79 Å². The maximum Gasteiger partial charge on any atom is 0.339 e. The van der Waals surface area contributed by atoms with Crippen molar-refractivity contribution in [2.45, 2.75) is 13.5 Å². The molecule has 0 bridgehead atoms. The summed E-state index contributed by atoms with van der Waals surface area (Å²) >= 11 is 0. The summed E-state index contributed by atoms with van der Waals surface area (Å²) in [6.45, 7) is 2.70. The Kier molecular flexibility index (Phi) is 4.55. The molecule has 0 aliphatic carbocycles. The van der Waals surface area contributed by atoms with Crippen molar-refractivity contribution in [3.8, 4) is 0 Å². The molecule has 104 valence electrons. The first-order chi connectivity index (χ1) is 9.70. The molecule has 2 aromatic rings. The number of rotatable bonds is 5. The normalized spacial score (nSPS) is 10.1. The summed E-state index contributed by atoms with van der Waals surface area (Å²) in [5.41, 5.74) is 8.04. The van der Waals surface area contributed by atoms with E-state index in [0.29, 0.717) is 24.5 Å². The Morgan fingerprint density at radius 1 is 1.30 bits per heavy atom. The quantitative estimate of drug-likeness (QED) is 0.645. The molecule has 2 rings (SSSR count). The van der Waals surface area contributed by atoms with Crippen LogP contribution in [-0.2, 0) is 11.3 Å². The van der Waals surface area contributed by atoms with Crippen molar-refractivity contribution in [2.24, 2.45) is 0 Å². The number of hydrogen-bond acceptors (Lipinski definition) is 5. The number of esters is 1. The fourth-order valence-corrected chi connectivity index (χ4v) is 1.71. The average molecular weight is 271 g/mol. The number of ether oxygens (including phenoxy) is 1. The lowest BCUT2D eigenvalue weighted by Crippen LogP contribution is -2.07. The average Bonchev–Trinajstić information content (AvgIpc) is 2.47. The first kappa shape index (κ1) is 13.9. The van der Waals surface area contributed by atoms with Gasteiger partial charge in [0.2, 0.25) is 0 Å². The zero-order valence-corrected chi connectivity index (χ0v) is 11.3. The van der Waals surface area contributed by atoms with Crippen molar-refractivity contribution in [1.29, 1.82) is 0 Å². The van der Waals surface area contributed by atoms with Gasteiger partial charge < -0.3 is 15.8 Å². The number of carbonyl (C=O) groups excluding carboxylic acids is 1. The summed E-state index contributed by atoms with van der Waals surface area (Å²) in [7, 11) is 0. The van der Waals surface area contributed by atoms with Crippen LogP contribution in [0.5, 0.6) is 0 Å². The third kappa shape index (κ3) is 3.47. The van der Waals surface area contributed by atoms with E-state index in [0.717, 1.165) is 11.3 Å². The van der Waals surface area contributed by atoms with E-state index in [-0.39, 0.29) is 5.97 Å².